The standard InChI is InChI=1S/C11H15N3O3/c1-14(5-3-6-15)8-10-12-13-11(17-10)9-4-2-7-16-9/h2,4,7,15H,3,5-6,8H2,1H3. The third-order valence-corrected chi connectivity index (χ3v) is 2.30. The Balaban J connectivity index is 1.94. The van der Waals surface area contributed by atoms with Gasteiger partial charge in [-0.05, 0) is 25.6 Å². The van der Waals surface area contributed by atoms with Gasteiger partial charge in [0.2, 0.25) is 5.89 Å². The largest absolute Gasteiger partial charge is 0.459 e. The summed E-state index contributed by atoms with van der Waals surface area (Å²) in [5.41, 5.74) is 0. The van der Waals surface area contributed by atoms with Crippen LogP contribution in [-0.2, 0) is 6.54 Å². The molecule has 2 rings (SSSR count). The maximum atomic E-state index is 8.72. The van der Waals surface area contributed by atoms with Crippen molar-refractivity contribution in [2.75, 3.05) is 20.2 Å². The number of furan rings is 1. The smallest absolute Gasteiger partial charge is 0.283 e. The molecule has 0 amide bonds. The molecule has 0 fully saturated rings. The highest BCUT2D eigenvalue weighted by molar-refractivity contribution is 5.42. The maximum absolute atomic E-state index is 8.72. The van der Waals surface area contributed by atoms with Crippen molar-refractivity contribution in [2.45, 2.75) is 13.0 Å². The molecule has 0 aliphatic carbocycles. The molecule has 2 aromatic heterocycles. The fraction of sp³-hybridized carbons (Fsp3) is 0.455. The Morgan fingerprint density at radius 1 is 1.41 bits per heavy atom. The van der Waals surface area contributed by atoms with Gasteiger partial charge in [0.1, 0.15) is 0 Å². The Bertz CT molecular complexity index is 439. The molecule has 92 valence electrons. The third kappa shape index (κ3) is 3.15. The molecule has 0 radical (unpaired) electrons. The zero-order valence-corrected chi connectivity index (χ0v) is 9.67. The Morgan fingerprint density at radius 2 is 2.29 bits per heavy atom. The van der Waals surface area contributed by atoms with Gasteiger partial charge in [0, 0.05) is 13.2 Å². The summed E-state index contributed by atoms with van der Waals surface area (Å²) < 4.78 is 10.6. The highest BCUT2D eigenvalue weighted by Crippen LogP contribution is 2.18. The lowest BCUT2D eigenvalue weighted by Gasteiger charge is -2.12. The Hall–Kier alpha value is -1.66. The summed E-state index contributed by atoms with van der Waals surface area (Å²) in [6.07, 6.45) is 2.29. The number of aliphatic hydroxyl groups is 1. The van der Waals surface area contributed by atoms with E-state index >= 15 is 0 Å². The average molecular weight is 237 g/mol. The van der Waals surface area contributed by atoms with E-state index in [1.54, 1.807) is 18.4 Å². The Morgan fingerprint density at radius 3 is 3.00 bits per heavy atom. The van der Waals surface area contributed by atoms with Crippen molar-refractivity contribution in [1.82, 2.24) is 15.1 Å². The van der Waals surface area contributed by atoms with Crippen molar-refractivity contribution in [3.05, 3.63) is 24.3 Å². The van der Waals surface area contributed by atoms with Gasteiger partial charge in [0.15, 0.2) is 5.76 Å². The molecule has 0 aromatic carbocycles. The minimum absolute atomic E-state index is 0.186. The monoisotopic (exact) mass is 237 g/mol. The Kier molecular flexibility index (Phi) is 3.89. The summed E-state index contributed by atoms with van der Waals surface area (Å²) in [5, 5.41) is 16.6. The number of nitrogens with zero attached hydrogens (tertiary/aromatic N) is 3. The highest BCUT2D eigenvalue weighted by atomic mass is 16.4. The first-order chi connectivity index (χ1) is 8.29. The lowest BCUT2D eigenvalue weighted by Crippen LogP contribution is -2.20. The van der Waals surface area contributed by atoms with Gasteiger partial charge in [0.05, 0.1) is 12.8 Å². The van der Waals surface area contributed by atoms with E-state index < -0.39 is 0 Å². The van der Waals surface area contributed by atoms with Crippen molar-refractivity contribution >= 4 is 0 Å². The second-order valence-electron chi connectivity index (χ2n) is 3.79. The zero-order valence-electron chi connectivity index (χ0n) is 9.67. The molecule has 0 aliphatic heterocycles. The lowest BCUT2D eigenvalue weighted by molar-refractivity contribution is 0.233. The van der Waals surface area contributed by atoms with E-state index in [-0.39, 0.29) is 6.61 Å². The van der Waals surface area contributed by atoms with Crippen LogP contribution < -0.4 is 0 Å². The van der Waals surface area contributed by atoms with Gasteiger partial charge in [-0.2, -0.15) is 0 Å². The quantitative estimate of drug-likeness (QED) is 0.812. The lowest BCUT2D eigenvalue weighted by atomic mass is 10.4. The van der Waals surface area contributed by atoms with Gasteiger partial charge in [0.25, 0.3) is 5.89 Å². The van der Waals surface area contributed by atoms with Crippen LogP contribution in [0.5, 0.6) is 0 Å². The van der Waals surface area contributed by atoms with E-state index in [2.05, 4.69) is 10.2 Å². The predicted octanol–water partition coefficient (Wildman–Crippen LogP) is 1.14. The van der Waals surface area contributed by atoms with Crippen molar-refractivity contribution in [3.63, 3.8) is 0 Å². The van der Waals surface area contributed by atoms with E-state index in [1.165, 1.54) is 0 Å². The molecule has 0 atom stereocenters. The number of hydrogen-bond acceptors (Lipinski definition) is 6. The van der Waals surface area contributed by atoms with E-state index in [0.717, 1.165) is 13.0 Å². The molecular weight excluding hydrogens is 222 g/mol. The summed E-state index contributed by atoms with van der Waals surface area (Å²) >= 11 is 0. The van der Waals surface area contributed by atoms with Crippen LogP contribution in [0.25, 0.3) is 11.7 Å². The molecule has 0 saturated heterocycles. The van der Waals surface area contributed by atoms with Gasteiger partial charge in [-0.1, -0.05) is 0 Å². The van der Waals surface area contributed by atoms with E-state index in [0.29, 0.717) is 24.1 Å². The van der Waals surface area contributed by atoms with Gasteiger partial charge in [-0.25, -0.2) is 0 Å². The first kappa shape index (κ1) is 11.8. The summed E-state index contributed by atoms with van der Waals surface area (Å²) in [4.78, 5) is 2.01. The first-order valence-electron chi connectivity index (χ1n) is 5.45. The van der Waals surface area contributed by atoms with Crippen LogP contribution in [-0.4, -0.2) is 40.4 Å². The van der Waals surface area contributed by atoms with Gasteiger partial charge >= 0.3 is 0 Å². The summed E-state index contributed by atoms with van der Waals surface area (Å²) in [7, 11) is 1.94. The SMILES string of the molecule is CN(CCCO)Cc1nnc(-c2ccco2)o1. The van der Waals surface area contributed by atoms with Gasteiger partial charge in [-0.3, -0.25) is 4.90 Å². The van der Waals surface area contributed by atoms with Crippen molar-refractivity contribution in [2.24, 2.45) is 0 Å². The molecule has 0 unspecified atom stereocenters. The summed E-state index contributed by atoms with van der Waals surface area (Å²) in [6, 6.07) is 3.54. The molecule has 0 saturated carbocycles. The van der Waals surface area contributed by atoms with E-state index in [9.17, 15) is 0 Å². The van der Waals surface area contributed by atoms with Crippen LogP contribution >= 0.6 is 0 Å². The van der Waals surface area contributed by atoms with Crippen LogP contribution in [0.2, 0.25) is 0 Å². The number of aromatic nitrogens is 2. The minimum Gasteiger partial charge on any atom is -0.459 e. The molecule has 2 aromatic rings. The number of aliphatic hydroxyl groups excluding tert-OH is 1. The van der Waals surface area contributed by atoms with E-state index in [4.69, 9.17) is 13.9 Å². The molecule has 17 heavy (non-hydrogen) atoms. The van der Waals surface area contributed by atoms with Crippen LogP contribution in [0.1, 0.15) is 12.3 Å². The molecule has 6 nitrogen and oxygen atoms in total. The average Bonchev–Trinajstić information content (AvgIpc) is 2.95. The molecule has 2 heterocycles. The fourth-order valence-electron chi connectivity index (χ4n) is 1.47. The molecule has 0 spiro atoms. The normalized spacial score (nSPS) is 11.2. The van der Waals surface area contributed by atoms with Crippen molar-refractivity contribution in [3.8, 4) is 11.7 Å². The molecule has 0 bridgehead atoms. The van der Waals surface area contributed by atoms with Crippen molar-refractivity contribution in [1.29, 1.82) is 0 Å². The molecular formula is C11H15N3O3. The predicted molar refractivity (Wildman–Crippen MR) is 60.0 cm³/mol. The summed E-state index contributed by atoms with van der Waals surface area (Å²) in [5.74, 6) is 1.50. The van der Waals surface area contributed by atoms with Crippen LogP contribution in [0.15, 0.2) is 27.2 Å². The van der Waals surface area contributed by atoms with Gasteiger partial charge in [-0.15, -0.1) is 10.2 Å². The van der Waals surface area contributed by atoms with Crippen LogP contribution in [0.4, 0.5) is 0 Å². The fourth-order valence-corrected chi connectivity index (χ4v) is 1.47. The molecule has 0 aliphatic rings. The van der Waals surface area contributed by atoms with Crippen molar-refractivity contribution < 1.29 is 13.9 Å². The number of hydrogen-bond donors (Lipinski definition) is 1. The van der Waals surface area contributed by atoms with Gasteiger partial charge < -0.3 is 13.9 Å². The topological polar surface area (TPSA) is 75.5 Å². The second kappa shape index (κ2) is 5.60. The third-order valence-electron chi connectivity index (χ3n) is 2.30. The van der Waals surface area contributed by atoms with E-state index in [1.807, 2.05) is 11.9 Å². The summed E-state index contributed by atoms with van der Waals surface area (Å²) in [6.45, 7) is 1.54. The van der Waals surface area contributed by atoms with Crippen LogP contribution in [0.3, 0.4) is 0 Å². The highest BCUT2D eigenvalue weighted by Gasteiger charge is 2.11. The Labute approximate surface area is 98.9 Å². The second-order valence-corrected chi connectivity index (χ2v) is 3.79. The first-order valence-corrected chi connectivity index (χ1v) is 5.45. The van der Waals surface area contributed by atoms with Crippen LogP contribution in [0, 0.1) is 0 Å². The molecule has 6 heteroatoms. The maximum Gasteiger partial charge on any atom is 0.283 e. The zero-order chi connectivity index (χ0) is 12.1. The number of rotatable bonds is 6. The molecule has 1 N–H and O–H groups in total. The minimum atomic E-state index is 0.186.